The Labute approximate surface area is 159 Å². The molecule has 4 rings (SSSR count). The lowest BCUT2D eigenvalue weighted by Gasteiger charge is -2.13. The summed E-state index contributed by atoms with van der Waals surface area (Å²) < 4.78 is 22.6. The summed E-state index contributed by atoms with van der Waals surface area (Å²) in [7, 11) is 3.02. The number of hydrogen-bond donors (Lipinski definition) is 1. The SMILES string of the molecule is CCOc1ccc2sc(NC3OC(=O)c4c3ccc(OC)c4OC)nc2c1. The summed E-state index contributed by atoms with van der Waals surface area (Å²) in [5.74, 6) is 1.17. The highest BCUT2D eigenvalue weighted by molar-refractivity contribution is 7.22. The molecule has 1 aliphatic heterocycles. The van der Waals surface area contributed by atoms with E-state index in [0.717, 1.165) is 16.0 Å². The van der Waals surface area contributed by atoms with Gasteiger partial charge in [-0.25, -0.2) is 9.78 Å². The number of anilines is 1. The molecule has 1 unspecified atom stereocenters. The summed E-state index contributed by atoms with van der Waals surface area (Å²) in [5.41, 5.74) is 1.88. The molecule has 0 radical (unpaired) electrons. The molecule has 0 fully saturated rings. The van der Waals surface area contributed by atoms with E-state index in [1.165, 1.54) is 25.6 Å². The molecule has 7 nitrogen and oxygen atoms in total. The number of methoxy groups -OCH3 is 2. The minimum atomic E-state index is -0.640. The fourth-order valence-electron chi connectivity index (χ4n) is 3.05. The molecular weight excluding hydrogens is 368 g/mol. The van der Waals surface area contributed by atoms with E-state index in [9.17, 15) is 4.79 Å². The molecule has 27 heavy (non-hydrogen) atoms. The van der Waals surface area contributed by atoms with Gasteiger partial charge in [0, 0.05) is 11.6 Å². The normalized spacial score (nSPS) is 15.4. The first-order chi connectivity index (χ1) is 13.1. The lowest BCUT2D eigenvalue weighted by Crippen LogP contribution is -2.09. The van der Waals surface area contributed by atoms with Gasteiger partial charge in [0.15, 0.2) is 16.6 Å². The molecule has 140 valence electrons. The Morgan fingerprint density at radius 3 is 2.81 bits per heavy atom. The maximum absolute atomic E-state index is 12.4. The number of ether oxygens (including phenoxy) is 4. The molecule has 0 amide bonds. The Morgan fingerprint density at radius 2 is 2.07 bits per heavy atom. The van der Waals surface area contributed by atoms with Crippen molar-refractivity contribution in [2.24, 2.45) is 0 Å². The standard InChI is InChI=1S/C19H18N2O5S/c1-4-25-10-5-8-14-12(9-10)20-19(27-14)21-17-11-6-7-13(23-2)16(24-3)15(11)18(22)26-17/h5-9,17H,4H2,1-3H3,(H,20,21). The Hall–Kier alpha value is -3.00. The van der Waals surface area contributed by atoms with E-state index >= 15 is 0 Å². The monoisotopic (exact) mass is 386 g/mol. The van der Waals surface area contributed by atoms with Crippen molar-refractivity contribution < 1.29 is 23.7 Å². The zero-order valence-electron chi connectivity index (χ0n) is 15.1. The van der Waals surface area contributed by atoms with Crippen molar-refractivity contribution in [2.75, 3.05) is 26.1 Å². The van der Waals surface area contributed by atoms with Crippen LogP contribution in [0.5, 0.6) is 17.2 Å². The van der Waals surface area contributed by atoms with Crippen LogP contribution in [-0.2, 0) is 4.74 Å². The van der Waals surface area contributed by atoms with Crippen LogP contribution in [0.4, 0.5) is 5.13 Å². The van der Waals surface area contributed by atoms with Gasteiger partial charge in [-0.2, -0.15) is 0 Å². The van der Waals surface area contributed by atoms with Crippen LogP contribution in [0.25, 0.3) is 10.2 Å². The molecule has 3 aromatic rings. The summed E-state index contributed by atoms with van der Waals surface area (Å²) in [6, 6.07) is 9.31. The van der Waals surface area contributed by atoms with E-state index in [1.54, 1.807) is 12.1 Å². The molecule has 2 aromatic carbocycles. The fourth-order valence-corrected chi connectivity index (χ4v) is 3.91. The average molecular weight is 386 g/mol. The summed E-state index contributed by atoms with van der Waals surface area (Å²) in [6.07, 6.45) is -0.640. The molecule has 0 bridgehead atoms. The Kier molecular flexibility index (Phi) is 4.49. The lowest BCUT2D eigenvalue weighted by atomic mass is 10.1. The van der Waals surface area contributed by atoms with Crippen LogP contribution < -0.4 is 19.5 Å². The van der Waals surface area contributed by atoms with E-state index in [2.05, 4.69) is 10.3 Å². The maximum atomic E-state index is 12.4. The lowest BCUT2D eigenvalue weighted by molar-refractivity contribution is 0.0435. The molecule has 2 heterocycles. The number of fused-ring (bicyclic) bond motifs is 2. The first-order valence-corrected chi connectivity index (χ1v) is 9.22. The molecule has 1 N–H and O–H groups in total. The Bertz CT molecular complexity index is 1020. The number of esters is 1. The van der Waals surface area contributed by atoms with Crippen molar-refractivity contribution in [1.82, 2.24) is 4.98 Å². The van der Waals surface area contributed by atoms with Crippen molar-refractivity contribution in [3.63, 3.8) is 0 Å². The first kappa shape index (κ1) is 17.4. The van der Waals surface area contributed by atoms with E-state index in [4.69, 9.17) is 18.9 Å². The van der Waals surface area contributed by atoms with Crippen LogP contribution >= 0.6 is 11.3 Å². The third-order valence-electron chi connectivity index (χ3n) is 4.21. The molecule has 0 spiro atoms. The minimum Gasteiger partial charge on any atom is -0.494 e. The van der Waals surface area contributed by atoms with Gasteiger partial charge in [-0.05, 0) is 31.2 Å². The van der Waals surface area contributed by atoms with Gasteiger partial charge in [0.05, 0.1) is 31.0 Å². The first-order valence-electron chi connectivity index (χ1n) is 8.40. The third kappa shape index (κ3) is 3.02. The molecular formula is C19H18N2O5S. The number of thiazole rings is 1. The topological polar surface area (TPSA) is 78.9 Å². The van der Waals surface area contributed by atoms with Crippen LogP contribution in [0.3, 0.4) is 0 Å². The van der Waals surface area contributed by atoms with E-state index in [0.29, 0.717) is 34.4 Å². The molecule has 0 saturated carbocycles. The highest BCUT2D eigenvalue weighted by atomic mass is 32.1. The smallest absolute Gasteiger partial charge is 0.344 e. The second-order valence-electron chi connectivity index (χ2n) is 5.78. The van der Waals surface area contributed by atoms with Crippen molar-refractivity contribution in [1.29, 1.82) is 0 Å². The van der Waals surface area contributed by atoms with E-state index < -0.39 is 12.2 Å². The van der Waals surface area contributed by atoms with Crippen LogP contribution in [0.2, 0.25) is 0 Å². The van der Waals surface area contributed by atoms with Crippen molar-refractivity contribution in [3.8, 4) is 17.2 Å². The van der Waals surface area contributed by atoms with E-state index in [-0.39, 0.29) is 0 Å². The number of benzene rings is 2. The highest BCUT2D eigenvalue weighted by Crippen LogP contribution is 2.42. The number of carbonyl (C=O) groups is 1. The molecule has 1 atom stereocenters. The van der Waals surface area contributed by atoms with Gasteiger partial charge in [0.1, 0.15) is 11.3 Å². The van der Waals surface area contributed by atoms with E-state index in [1.807, 2.05) is 25.1 Å². The number of hydrogen-bond acceptors (Lipinski definition) is 8. The van der Waals surface area contributed by atoms with Gasteiger partial charge < -0.3 is 24.3 Å². The fraction of sp³-hybridized carbons (Fsp3) is 0.263. The summed E-state index contributed by atoms with van der Waals surface area (Å²) in [4.78, 5) is 16.9. The molecule has 1 aromatic heterocycles. The van der Waals surface area contributed by atoms with Gasteiger partial charge in [-0.3, -0.25) is 0 Å². The van der Waals surface area contributed by atoms with Crippen LogP contribution in [-0.4, -0.2) is 31.8 Å². The number of cyclic esters (lactones) is 1. The number of aromatic nitrogens is 1. The zero-order chi connectivity index (χ0) is 19.0. The molecule has 1 aliphatic rings. The van der Waals surface area contributed by atoms with Crippen molar-refractivity contribution in [3.05, 3.63) is 41.5 Å². The quantitative estimate of drug-likeness (QED) is 0.642. The van der Waals surface area contributed by atoms with Crippen LogP contribution in [0, 0.1) is 0 Å². The number of carbonyl (C=O) groups excluding carboxylic acids is 1. The second kappa shape index (κ2) is 6.96. The van der Waals surface area contributed by atoms with Crippen molar-refractivity contribution >= 4 is 32.7 Å². The Morgan fingerprint density at radius 1 is 1.22 bits per heavy atom. The number of nitrogens with zero attached hydrogens (tertiary/aromatic N) is 1. The third-order valence-corrected chi connectivity index (χ3v) is 5.18. The molecule has 0 saturated heterocycles. The zero-order valence-corrected chi connectivity index (χ0v) is 15.9. The predicted molar refractivity (Wildman–Crippen MR) is 102 cm³/mol. The van der Waals surface area contributed by atoms with Crippen LogP contribution in [0.15, 0.2) is 30.3 Å². The van der Waals surface area contributed by atoms with Gasteiger partial charge in [0.2, 0.25) is 6.23 Å². The molecule has 8 heteroatoms. The van der Waals surface area contributed by atoms with Crippen molar-refractivity contribution in [2.45, 2.75) is 13.2 Å². The largest absolute Gasteiger partial charge is 0.494 e. The summed E-state index contributed by atoms with van der Waals surface area (Å²) >= 11 is 1.48. The minimum absolute atomic E-state index is 0.370. The number of nitrogens with one attached hydrogen (secondary N) is 1. The maximum Gasteiger partial charge on any atom is 0.344 e. The number of rotatable bonds is 6. The van der Waals surface area contributed by atoms with Gasteiger partial charge in [0.25, 0.3) is 0 Å². The average Bonchev–Trinajstić information content (AvgIpc) is 3.21. The summed E-state index contributed by atoms with van der Waals surface area (Å²) in [5, 5.41) is 3.84. The van der Waals surface area contributed by atoms with Gasteiger partial charge in [-0.1, -0.05) is 11.3 Å². The van der Waals surface area contributed by atoms with Crippen LogP contribution in [0.1, 0.15) is 29.1 Å². The molecule has 0 aliphatic carbocycles. The summed E-state index contributed by atoms with van der Waals surface area (Å²) in [6.45, 7) is 2.54. The second-order valence-corrected chi connectivity index (χ2v) is 6.81. The predicted octanol–water partition coefficient (Wildman–Crippen LogP) is 3.99. The van der Waals surface area contributed by atoms with Gasteiger partial charge in [-0.15, -0.1) is 0 Å². The van der Waals surface area contributed by atoms with Gasteiger partial charge >= 0.3 is 5.97 Å². The highest BCUT2D eigenvalue weighted by Gasteiger charge is 2.36. The Balaban J connectivity index is 1.65.